The van der Waals surface area contributed by atoms with Gasteiger partial charge in [-0.3, -0.25) is 0 Å². The molecule has 0 aliphatic carbocycles. The SMILES string of the molecule is C[Si](C)(C)Oc1c(Br)cc(C(=O)O)cc1Br. The quantitative estimate of drug-likeness (QED) is 0.817. The van der Waals surface area contributed by atoms with Crippen molar-refractivity contribution in [2.24, 2.45) is 0 Å². The Bertz CT molecular complexity index is 404. The zero-order chi connectivity index (χ0) is 12.5. The minimum atomic E-state index is -1.71. The molecule has 0 aliphatic rings. The lowest BCUT2D eigenvalue weighted by Gasteiger charge is -2.21. The maximum atomic E-state index is 10.8. The summed E-state index contributed by atoms with van der Waals surface area (Å²) in [6.07, 6.45) is 0. The molecule has 1 N–H and O–H groups in total. The first kappa shape index (κ1) is 13.7. The molecule has 0 spiro atoms. The molecule has 3 nitrogen and oxygen atoms in total. The lowest BCUT2D eigenvalue weighted by atomic mass is 10.2. The summed E-state index contributed by atoms with van der Waals surface area (Å²) in [5, 5.41) is 8.88. The predicted octanol–water partition coefficient (Wildman–Crippen LogP) is 4.12. The molecule has 0 heterocycles. The number of rotatable bonds is 3. The summed E-state index contributed by atoms with van der Waals surface area (Å²) in [6.45, 7) is 6.20. The third-order valence-electron chi connectivity index (χ3n) is 1.65. The van der Waals surface area contributed by atoms with E-state index < -0.39 is 14.3 Å². The molecule has 6 heteroatoms. The van der Waals surface area contributed by atoms with Crippen molar-refractivity contribution in [3.05, 3.63) is 26.6 Å². The Morgan fingerprint density at radius 1 is 1.25 bits per heavy atom. The average molecular weight is 368 g/mol. The number of carboxylic acids is 1. The van der Waals surface area contributed by atoms with Gasteiger partial charge in [0.05, 0.1) is 14.5 Å². The number of carboxylic acid groups (broad SMARTS) is 1. The Kier molecular flexibility index (Phi) is 4.20. The van der Waals surface area contributed by atoms with Crippen LogP contribution in [0.2, 0.25) is 19.6 Å². The first-order chi connectivity index (χ1) is 7.20. The first-order valence-electron chi connectivity index (χ1n) is 4.62. The van der Waals surface area contributed by atoms with Gasteiger partial charge in [0.1, 0.15) is 5.75 Å². The summed E-state index contributed by atoms with van der Waals surface area (Å²) in [5.74, 6) is -0.287. The van der Waals surface area contributed by atoms with Gasteiger partial charge in [0.15, 0.2) is 0 Å². The Morgan fingerprint density at radius 3 is 2.00 bits per heavy atom. The summed E-state index contributed by atoms with van der Waals surface area (Å²) >= 11 is 6.65. The second kappa shape index (κ2) is 4.89. The van der Waals surface area contributed by atoms with Gasteiger partial charge in [-0.15, -0.1) is 0 Å². The molecule has 1 rings (SSSR count). The highest BCUT2D eigenvalue weighted by molar-refractivity contribution is 9.11. The number of hydrogen-bond acceptors (Lipinski definition) is 2. The molecule has 0 atom stereocenters. The average Bonchev–Trinajstić information content (AvgIpc) is 2.09. The van der Waals surface area contributed by atoms with Crippen LogP contribution >= 0.6 is 31.9 Å². The number of halogens is 2. The van der Waals surface area contributed by atoms with E-state index in [2.05, 4.69) is 51.5 Å². The third-order valence-corrected chi connectivity index (χ3v) is 3.65. The van der Waals surface area contributed by atoms with Crippen LogP contribution < -0.4 is 4.43 Å². The fraction of sp³-hybridized carbons (Fsp3) is 0.300. The largest absolute Gasteiger partial charge is 0.543 e. The molecule has 0 amide bonds. The van der Waals surface area contributed by atoms with Gasteiger partial charge >= 0.3 is 5.97 Å². The molecule has 0 aliphatic heterocycles. The van der Waals surface area contributed by atoms with Crippen LogP contribution in [0.1, 0.15) is 10.4 Å². The van der Waals surface area contributed by atoms with Crippen LogP contribution in [0.5, 0.6) is 5.75 Å². The number of aromatic carboxylic acids is 1. The summed E-state index contributed by atoms with van der Waals surface area (Å²) in [4.78, 5) is 10.8. The van der Waals surface area contributed by atoms with E-state index in [9.17, 15) is 4.79 Å². The van der Waals surface area contributed by atoms with Crippen molar-refractivity contribution in [2.45, 2.75) is 19.6 Å². The van der Waals surface area contributed by atoms with Crippen molar-refractivity contribution >= 4 is 46.1 Å². The minimum absolute atomic E-state index is 0.224. The van der Waals surface area contributed by atoms with Crippen molar-refractivity contribution in [3.63, 3.8) is 0 Å². The minimum Gasteiger partial charge on any atom is -0.543 e. The fourth-order valence-electron chi connectivity index (χ4n) is 1.09. The number of hydrogen-bond donors (Lipinski definition) is 1. The molecule has 0 aromatic heterocycles. The van der Waals surface area contributed by atoms with Gasteiger partial charge in [-0.2, -0.15) is 0 Å². The van der Waals surface area contributed by atoms with Gasteiger partial charge in [-0.1, -0.05) is 0 Å². The van der Waals surface area contributed by atoms with Crippen LogP contribution in [0.25, 0.3) is 0 Å². The molecule has 0 saturated carbocycles. The van der Waals surface area contributed by atoms with Gasteiger partial charge in [0.25, 0.3) is 0 Å². The Labute approximate surface area is 112 Å². The van der Waals surface area contributed by atoms with E-state index in [0.29, 0.717) is 14.7 Å². The normalized spacial score (nSPS) is 11.3. The van der Waals surface area contributed by atoms with Crippen LogP contribution in [-0.4, -0.2) is 19.4 Å². The van der Waals surface area contributed by atoms with Crippen molar-refractivity contribution < 1.29 is 14.3 Å². The predicted molar refractivity (Wildman–Crippen MR) is 72.8 cm³/mol. The van der Waals surface area contributed by atoms with Crippen LogP contribution in [0.4, 0.5) is 0 Å². The standard InChI is InChI=1S/C10H12Br2O3Si/c1-16(2,3)15-9-7(11)4-6(10(13)14)5-8(9)12/h4-5H,1-3H3,(H,13,14). The topological polar surface area (TPSA) is 46.5 Å². The van der Waals surface area contributed by atoms with Crippen molar-refractivity contribution in [2.75, 3.05) is 0 Å². The zero-order valence-corrected chi connectivity index (χ0v) is 13.3. The number of carbonyl (C=O) groups is 1. The van der Waals surface area contributed by atoms with Crippen LogP contribution in [0.3, 0.4) is 0 Å². The van der Waals surface area contributed by atoms with Gasteiger partial charge in [0, 0.05) is 0 Å². The Balaban J connectivity index is 3.18. The maximum absolute atomic E-state index is 10.8. The Hall–Kier alpha value is -0.333. The van der Waals surface area contributed by atoms with Gasteiger partial charge in [0.2, 0.25) is 8.32 Å². The van der Waals surface area contributed by atoms with Crippen LogP contribution in [0.15, 0.2) is 21.1 Å². The van der Waals surface area contributed by atoms with Gasteiger partial charge in [-0.25, -0.2) is 4.79 Å². The summed E-state index contributed by atoms with van der Waals surface area (Å²) in [6, 6.07) is 3.09. The molecule has 1 aromatic carbocycles. The molecule has 88 valence electrons. The second-order valence-electron chi connectivity index (χ2n) is 4.29. The van der Waals surface area contributed by atoms with Gasteiger partial charge < -0.3 is 9.53 Å². The molecule has 0 saturated heterocycles. The highest BCUT2D eigenvalue weighted by Gasteiger charge is 2.21. The molecule has 0 unspecified atom stereocenters. The van der Waals surface area contributed by atoms with Crippen molar-refractivity contribution in [1.29, 1.82) is 0 Å². The fourth-order valence-corrected chi connectivity index (χ4v) is 3.57. The highest BCUT2D eigenvalue weighted by Crippen LogP contribution is 2.36. The van der Waals surface area contributed by atoms with E-state index in [1.54, 1.807) is 12.1 Å². The van der Waals surface area contributed by atoms with E-state index in [4.69, 9.17) is 9.53 Å². The zero-order valence-electron chi connectivity index (χ0n) is 9.17. The highest BCUT2D eigenvalue weighted by atomic mass is 79.9. The molecular formula is C10H12Br2O3Si. The van der Waals surface area contributed by atoms with E-state index in [-0.39, 0.29) is 5.56 Å². The lowest BCUT2D eigenvalue weighted by Crippen LogP contribution is -2.29. The molecule has 16 heavy (non-hydrogen) atoms. The molecule has 1 aromatic rings. The summed E-state index contributed by atoms with van der Waals surface area (Å²) in [7, 11) is -1.71. The molecule has 0 fully saturated rings. The Morgan fingerprint density at radius 2 is 1.69 bits per heavy atom. The third kappa shape index (κ3) is 3.60. The lowest BCUT2D eigenvalue weighted by molar-refractivity contribution is 0.0696. The van der Waals surface area contributed by atoms with E-state index >= 15 is 0 Å². The summed E-state index contributed by atoms with van der Waals surface area (Å²) in [5.41, 5.74) is 0.224. The molecular weight excluding hydrogens is 356 g/mol. The molecule has 0 radical (unpaired) electrons. The second-order valence-corrected chi connectivity index (χ2v) is 10.4. The van der Waals surface area contributed by atoms with Crippen LogP contribution in [0, 0.1) is 0 Å². The molecule has 0 bridgehead atoms. The van der Waals surface area contributed by atoms with E-state index in [1.165, 1.54) is 0 Å². The van der Waals surface area contributed by atoms with Crippen molar-refractivity contribution in [3.8, 4) is 5.75 Å². The van der Waals surface area contributed by atoms with E-state index in [0.717, 1.165) is 0 Å². The monoisotopic (exact) mass is 366 g/mol. The van der Waals surface area contributed by atoms with Gasteiger partial charge in [-0.05, 0) is 63.6 Å². The van der Waals surface area contributed by atoms with E-state index in [1.807, 2.05) is 0 Å². The summed E-state index contributed by atoms with van der Waals surface area (Å²) < 4.78 is 7.16. The first-order valence-corrected chi connectivity index (χ1v) is 9.61. The maximum Gasteiger partial charge on any atom is 0.335 e. The van der Waals surface area contributed by atoms with Crippen molar-refractivity contribution in [1.82, 2.24) is 0 Å². The number of benzene rings is 1. The smallest absolute Gasteiger partial charge is 0.335 e. The van der Waals surface area contributed by atoms with Crippen LogP contribution in [-0.2, 0) is 0 Å².